The Morgan fingerprint density at radius 3 is 2.45 bits per heavy atom. The lowest BCUT2D eigenvalue weighted by molar-refractivity contribution is -0.136. The van der Waals surface area contributed by atoms with Gasteiger partial charge in [-0.25, -0.2) is 4.98 Å². The molecule has 1 atom stereocenters. The van der Waals surface area contributed by atoms with Crippen LogP contribution in [0.5, 0.6) is 0 Å². The first-order valence-electron chi connectivity index (χ1n) is 10.8. The minimum absolute atomic E-state index is 0.000195. The average Bonchev–Trinajstić information content (AvgIpc) is 3.44. The van der Waals surface area contributed by atoms with Crippen molar-refractivity contribution >= 4 is 22.8 Å². The molecule has 7 heteroatoms. The number of piperazine rings is 1. The monoisotopic (exact) mass is 417 g/mol. The molecule has 1 saturated carbocycles. The van der Waals surface area contributed by atoms with Gasteiger partial charge >= 0.3 is 0 Å². The number of carbonyl (C=O) groups is 2. The molecule has 2 fully saturated rings. The van der Waals surface area contributed by atoms with Gasteiger partial charge in [0.1, 0.15) is 0 Å². The summed E-state index contributed by atoms with van der Waals surface area (Å²) < 4.78 is 1.99. The zero-order valence-electron chi connectivity index (χ0n) is 17.9. The van der Waals surface area contributed by atoms with Gasteiger partial charge in [-0.05, 0) is 55.2 Å². The van der Waals surface area contributed by atoms with Crippen LogP contribution in [0, 0.1) is 0 Å². The highest BCUT2D eigenvalue weighted by molar-refractivity contribution is 5.95. The summed E-state index contributed by atoms with van der Waals surface area (Å²) in [6.45, 7) is 3.59. The normalized spacial score (nSPS) is 20.2. The van der Waals surface area contributed by atoms with E-state index >= 15 is 0 Å². The van der Waals surface area contributed by atoms with Crippen LogP contribution in [0.25, 0.3) is 22.2 Å². The molecule has 1 aliphatic carbocycles. The zero-order chi connectivity index (χ0) is 21.8. The Labute approximate surface area is 181 Å². The molecule has 2 N–H and O–H groups in total. The highest BCUT2D eigenvalue weighted by Gasteiger charge is 2.49. The Bertz CT molecular complexity index is 1160. The molecule has 31 heavy (non-hydrogen) atoms. The quantitative estimate of drug-likeness (QED) is 0.709. The van der Waals surface area contributed by atoms with E-state index in [0.717, 1.165) is 35.0 Å². The van der Waals surface area contributed by atoms with Crippen LogP contribution in [-0.4, -0.2) is 62.4 Å². The number of imidazole rings is 1. The van der Waals surface area contributed by atoms with Crippen molar-refractivity contribution in [3.63, 3.8) is 0 Å². The van der Waals surface area contributed by atoms with Crippen molar-refractivity contribution in [2.75, 3.05) is 19.6 Å². The smallest absolute Gasteiger partial charge is 0.254 e. The second-order valence-electron chi connectivity index (χ2n) is 8.89. The summed E-state index contributed by atoms with van der Waals surface area (Å²) in [4.78, 5) is 33.7. The van der Waals surface area contributed by atoms with E-state index in [-0.39, 0.29) is 17.9 Å². The van der Waals surface area contributed by atoms with Gasteiger partial charge in [-0.1, -0.05) is 18.2 Å². The van der Waals surface area contributed by atoms with Crippen molar-refractivity contribution in [1.29, 1.82) is 0 Å². The minimum Gasteiger partial charge on any atom is -0.337 e. The second-order valence-corrected chi connectivity index (χ2v) is 8.89. The first-order valence-corrected chi connectivity index (χ1v) is 10.8. The average molecular weight is 418 g/mol. The number of rotatable bonds is 3. The molecule has 0 radical (unpaired) electrons. The van der Waals surface area contributed by atoms with Crippen molar-refractivity contribution in [2.24, 2.45) is 12.8 Å². The van der Waals surface area contributed by atoms with Crippen LogP contribution in [0.1, 0.15) is 30.1 Å². The number of benzene rings is 2. The topological polar surface area (TPSA) is 84.5 Å². The van der Waals surface area contributed by atoms with Gasteiger partial charge in [0.15, 0.2) is 0 Å². The maximum atomic E-state index is 13.1. The molecule has 1 saturated heterocycles. The summed E-state index contributed by atoms with van der Waals surface area (Å²) in [6, 6.07) is 13.9. The van der Waals surface area contributed by atoms with Crippen LogP contribution in [0.2, 0.25) is 0 Å². The zero-order valence-corrected chi connectivity index (χ0v) is 17.9. The fourth-order valence-corrected chi connectivity index (χ4v) is 4.39. The Hall–Kier alpha value is -3.19. The van der Waals surface area contributed by atoms with Gasteiger partial charge in [-0.3, -0.25) is 9.59 Å². The van der Waals surface area contributed by atoms with E-state index in [4.69, 9.17) is 5.73 Å². The van der Waals surface area contributed by atoms with Gasteiger partial charge in [0.05, 0.1) is 22.9 Å². The van der Waals surface area contributed by atoms with Crippen LogP contribution < -0.4 is 5.73 Å². The first kappa shape index (κ1) is 19.8. The van der Waals surface area contributed by atoms with Gasteiger partial charge in [0.25, 0.3) is 5.91 Å². The number of hydrogen-bond acceptors (Lipinski definition) is 4. The third-order valence-electron chi connectivity index (χ3n) is 6.58. The Balaban J connectivity index is 1.29. The van der Waals surface area contributed by atoms with Crippen molar-refractivity contribution in [3.05, 3.63) is 54.4 Å². The SMILES string of the molecule is CC1CN(C(=O)C2(N)CC2)CCN1C(=O)c1ccc(-c2ccc3c(c2)ncn3C)cc1. The summed E-state index contributed by atoms with van der Waals surface area (Å²) >= 11 is 0. The fraction of sp³-hybridized carbons (Fsp3) is 0.375. The Kier molecular flexibility index (Phi) is 4.59. The summed E-state index contributed by atoms with van der Waals surface area (Å²) in [7, 11) is 1.98. The lowest BCUT2D eigenvalue weighted by atomic mass is 10.0. The van der Waals surface area contributed by atoms with Gasteiger partial charge in [-0.15, -0.1) is 0 Å². The van der Waals surface area contributed by atoms with Crippen LogP contribution in [0.3, 0.4) is 0 Å². The molecular formula is C24H27N5O2. The molecule has 0 bridgehead atoms. The fourth-order valence-electron chi connectivity index (χ4n) is 4.39. The Morgan fingerprint density at radius 2 is 1.77 bits per heavy atom. The van der Waals surface area contributed by atoms with E-state index in [0.29, 0.717) is 25.2 Å². The van der Waals surface area contributed by atoms with E-state index in [1.54, 1.807) is 0 Å². The van der Waals surface area contributed by atoms with Crippen LogP contribution in [0.4, 0.5) is 0 Å². The number of amides is 2. The maximum absolute atomic E-state index is 13.1. The first-order chi connectivity index (χ1) is 14.9. The number of nitrogens with two attached hydrogens (primary N) is 1. The molecule has 1 aliphatic heterocycles. The summed E-state index contributed by atoms with van der Waals surface area (Å²) in [5.74, 6) is 0.0286. The molecule has 1 aromatic heterocycles. The molecule has 1 unspecified atom stereocenters. The molecule has 160 valence electrons. The largest absolute Gasteiger partial charge is 0.337 e. The van der Waals surface area contributed by atoms with Gasteiger partial charge < -0.3 is 20.1 Å². The molecule has 5 rings (SSSR count). The van der Waals surface area contributed by atoms with Crippen molar-refractivity contribution < 1.29 is 9.59 Å². The van der Waals surface area contributed by atoms with E-state index in [1.807, 2.05) is 58.9 Å². The molecule has 2 aliphatic rings. The predicted octanol–water partition coefficient (Wildman–Crippen LogP) is 2.40. The number of aromatic nitrogens is 2. The van der Waals surface area contributed by atoms with Gasteiger partial charge in [-0.2, -0.15) is 0 Å². The minimum atomic E-state index is -0.653. The van der Waals surface area contributed by atoms with E-state index in [9.17, 15) is 9.59 Å². The van der Waals surface area contributed by atoms with Crippen molar-refractivity contribution in [3.8, 4) is 11.1 Å². The molecule has 2 aromatic carbocycles. The summed E-state index contributed by atoms with van der Waals surface area (Å²) in [6.07, 6.45) is 3.33. The van der Waals surface area contributed by atoms with Crippen molar-refractivity contribution in [2.45, 2.75) is 31.3 Å². The second kappa shape index (κ2) is 7.20. The Morgan fingerprint density at radius 1 is 1.06 bits per heavy atom. The van der Waals surface area contributed by atoms with Crippen LogP contribution in [0.15, 0.2) is 48.8 Å². The molecule has 7 nitrogen and oxygen atoms in total. The van der Waals surface area contributed by atoms with E-state index in [2.05, 4.69) is 23.2 Å². The van der Waals surface area contributed by atoms with Crippen LogP contribution in [-0.2, 0) is 11.8 Å². The van der Waals surface area contributed by atoms with Gasteiger partial charge in [0, 0.05) is 38.3 Å². The molecule has 2 amide bonds. The standard InChI is InChI=1S/C24H27N5O2/c1-16-14-28(23(31)24(25)9-10-24)11-12-29(16)22(30)18-5-3-17(4-6-18)19-7-8-21-20(13-19)26-15-27(21)2/h3-8,13,15-16H,9-12,14,25H2,1-2H3. The third-order valence-corrected chi connectivity index (χ3v) is 6.58. The lowest BCUT2D eigenvalue weighted by Crippen LogP contribution is -2.58. The predicted molar refractivity (Wildman–Crippen MR) is 119 cm³/mol. The van der Waals surface area contributed by atoms with Gasteiger partial charge in [0.2, 0.25) is 5.91 Å². The van der Waals surface area contributed by atoms with E-state index in [1.165, 1.54) is 0 Å². The number of hydrogen-bond donors (Lipinski definition) is 1. The lowest BCUT2D eigenvalue weighted by Gasteiger charge is -2.40. The highest BCUT2D eigenvalue weighted by Crippen LogP contribution is 2.34. The molecular weight excluding hydrogens is 390 g/mol. The molecule has 2 heterocycles. The summed E-state index contributed by atoms with van der Waals surface area (Å²) in [5.41, 5.74) is 10.2. The number of nitrogens with zero attached hydrogens (tertiary/aromatic N) is 4. The molecule has 3 aromatic rings. The number of carbonyl (C=O) groups excluding carboxylic acids is 2. The number of aryl methyl sites for hydroxylation is 1. The van der Waals surface area contributed by atoms with Crippen molar-refractivity contribution in [1.82, 2.24) is 19.4 Å². The maximum Gasteiger partial charge on any atom is 0.254 e. The van der Waals surface area contributed by atoms with Crippen LogP contribution >= 0.6 is 0 Å². The van der Waals surface area contributed by atoms with E-state index < -0.39 is 5.54 Å². The third kappa shape index (κ3) is 3.49. The highest BCUT2D eigenvalue weighted by atomic mass is 16.2. The molecule has 0 spiro atoms. The summed E-state index contributed by atoms with van der Waals surface area (Å²) in [5, 5.41) is 0. The number of fused-ring (bicyclic) bond motifs is 1.